The maximum Gasteiger partial charge on any atom is 0.307 e. The van der Waals surface area contributed by atoms with Crippen LogP contribution in [0.1, 0.15) is 24.0 Å². The fourth-order valence-electron chi connectivity index (χ4n) is 2.69. The Hall–Kier alpha value is -2.70. The van der Waals surface area contributed by atoms with E-state index < -0.39 is 0 Å². The maximum atomic E-state index is 11.7. The Morgan fingerprint density at radius 1 is 0.633 bits per heavy atom. The number of hydrogen-bond donors (Lipinski definition) is 0. The summed E-state index contributed by atoms with van der Waals surface area (Å²) in [7, 11) is 7.71. The first-order chi connectivity index (χ1) is 14.3. The molecule has 2 rings (SSSR count). The van der Waals surface area contributed by atoms with Gasteiger partial charge in [-0.15, -0.1) is 0 Å². The minimum Gasteiger partial charge on any atom is -0.461 e. The van der Waals surface area contributed by atoms with Crippen LogP contribution in [0.3, 0.4) is 0 Å². The Bertz CT molecular complexity index is 729. The van der Waals surface area contributed by atoms with Crippen LogP contribution in [0.2, 0.25) is 0 Å². The molecule has 0 aliphatic rings. The molecule has 0 fully saturated rings. The lowest BCUT2D eigenvalue weighted by Crippen LogP contribution is -2.17. The van der Waals surface area contributed by atoms with Gasteiger partial charge in [0.05, 0.1) is 12.8 Å². The topological polar surface area (TPSA) is 59.1 Å². The van der Waals surface area contributed by atoms with Crippen molar-refractivity contribution in [3.63, 3.8) is 0 Å². The molecule has 6 nitrogen and oxygen atoms in total. The molecule has 30 heavy (non-hydrogen) atoms. The molecule has 0 aromatic heterocycles. The Morgan fingerprint density at radius 2 is 0.967 bits per heavy atom. The Morgan fingerprint density at radius 3 is 1.27 bits per heavy atom. The number of ether oxygens (including phenoxy) is 2. The number of rotatable bonds is 11. The van der Waals surface area contributed by atoms with E-state index in [1.807, 2.05) is 86.5 Å². The molecular formula is C24H32N2O4. The maximum absolute atomic E-state index is 11.7. The molecular weight excluding hydrogens is 380 g/mol. The molecule has 0 unspecified atom stereocenters. The highest BCUT2D eigenvalue weighted by Gasteiger charge is 2.06. The second kappa shape index (κ2) is 12.1. The van der Waals surface area contributed by atoms with E-state index in [-0.39, 0.29) is 25.2 Å². The summed E-state index contributed by atoms with van der Waals surface area (Å²) in [4.78, 5) is 27.4. The van der Waals surface area contributed by atoms with E-state index in [0.717, 1.165) is 22.3 Å². The van der Waals surface area contributed by atoms with Crippen LogP contribution in [0.15, 0.2) is 48.5 Å². The standard InChI is InChI=1S/C24H32N2O4/c1-25(2)15-13-23(27)29-17-19-5-9-21(10-6-19)22-11-7-20(8-12-22)18-30-24(28)14-16-26(3)4/h5-12H,13-18H2,1-4H3. The second-order valence-corrected chi connectivity index (χ2v) is 7.82. The van der Waals surface area contributed by atoms with Gasteiger partial charge < -0.3 is 19.3 Å². The molecule has 0 N–H and O–H groups in total. The third-order valence-corrected chi connectivity index (χ3v) is 4.57. The van der Waals surface area contributed by atoms with Crippen LogP contribution < -0.4 is 0 Å². The molecule has 2 aromatic carbocycles. The van der Waals surface area contributed by atoms with Crippen LogP contribution in [-0.4, -0.2) is 63.0 Å². The largest absolute Gasteiger partial charge is 0.461 e. The Kier molecular flexibility index (Phi) is 9.51. The van der Waals surface area contributed by atoms with E-state index in [1.165, 1.54) is 0 Å². The van der Waals surface area contributed by atoms with E-state index >= 15 is 0 Å². The third-order valence-electron chi connectivity index (χ3n) is 4.57. The number of nitrogens with zero attached hydrogens (tertiary/aromatic N) is 2. The van der Waals surface area contributed by atoms with E-state index in [1.54, 1.807) is 0 Å². The molecule has 0 atom stereocenters. The fraction of sp³-hybridized carbons (Fsp3) is 0.417. The second-order valence-electron chi connectivity index (χ2n) is 7.82. The van der Waals surface area contributed by atoms with Crippen molar-refractivity contribution in [2.75, 3.05) is 41.3 Å². The fourth-order valence-corrected chi connectivity index (χ4v) is 2.69. The summed E-state index contributed by atoms with van der Waals surface area (Å²) in [5.74, 6) is -0.378. The van der Waals surface area contributed by atoms with Crippen molar-refractivity contribution < 1.29 is 19.1 Å². The molecule has 0 saturated carbocycles. The van der Waals surface area contributed by atoms with Gasteiger partial charge in [0.1, 0.15) is 13.2 Å². The van der Waals surface area contributed by atoms with Gasteiger partial charge in [-0.05, 0) is 50.4 Å². The van der Waals surface area contributed by atoms with Gasteiger partial charge in [-0.1, -0.05) is 48.5 Å². The molecule has 0 radical (unpaired) electrons. The molecule has 0 aliphatic heterocycles. The van der Waals surface area contributed by atoms with Crippen molar-refractivity contribution in [3.05, 3.63) is 59.7 Å². The first-order valence-corrected chi connectivity index (χ1v) is 10.1. The highest BCUT2D eigenvalue weighted by atomic mass is 16.5. The van der Waals surface area contributed by atoms with Crippen molar-refractivity contribution in [2.24, 2.45) is 0 Å². The number of carbonyl (C=O) groups is 2. The smallest absolute Gasteiger partial charge is 0.307 e. The highest BCUT2D eigenvalue weighted by molar-refractivity contribution is 5.70. The molecule has 0 spiro atoms. The van der Waals surface area contributed by atoms with Gasteiger partial charge >= 0.3 is 11.9 Å². The van der Waals surface area contributed by atoms with Crippen molar-refractivity contribution in [3.8, 4) is 11.1 Å². The van der Waals surface area contributed by atoms with E-state index in [9.17, 15) is 9.59 Å². The lowest BCUT2D eigenvalue weighted by atomic mass is 10.0. The zero-order valence-electron chi connectivity index (χ0n) is 18.4. The normalized spacial score (nSPS) is 11.0. The lowest BCUT2D eigenvalue weighted by molar-refractivity contribution is -0.146. The summed E-state index contributed by atoms with van der Waals surface area (Å²) in [5.41, 5.74) is 4.07. The van der Waals surface area contributed by atoms with Gasteiger partial charge in [0.2, 0.25) is 0 Å². The quantitative estimate of drug-likeness (QED) is 0.528. The van der Waals surface area contributed by atoms with Gasteiger partial charge in [0.15, 0.2) is 0 Å². The molecule has 0 amide bonds. The molecule has 2 aromatic rings. The van der Waals surface area contributed by atoms with Gasteiger partial charge in [-0.3, -0.25) is 9.59 Å². The minimum atomic E-state index is -0.189. The lowest BCUT2D eigenvalue weighted by Gasteiger charge is -2.10. The number of benzene rings is 2. The number of hydrogen-bond acceptors (Lipinski definition) is 6. The zero-order chi connectivity index (χ0) is 21.9. The first-order valence-electron chi connectivity index (χ1n) is 10.1. The Balaban J connectivity index is 1.82. The predicted octanol–water partition coefficient (Wildman–Crippen LogP) is 3.34. The third kappa shape index (κ3) is 8.76. The van der Waals surface area contributed by atoms with Gasteiger partial charge in [-0.25, -0.2) is 0 Å². The zero-order valence-corrected chi connectivity index (χ0v) is 18.4. The molecule has 162 valence electrons. The summed E-state index contributed by atoms with van der Waals surface area (Å²) in [6.07, 6.45) is 0.783. The molecule has 6 heteroatoms. The van der Waals surface area contributed by atoms with E-state index in [2.05, 4.69) is 0 Å². The van der Waals surface area contributed by atoms with Crippen LogP contribution in [0, 0.1) is 0 Å². The van der Waals surface area contributed by atoms with Gasteiger partial charge in [0, 0.05) is 13.1 Å². The highest BCUT2D eigenvalue weighted by Crippen LogP contribution is 2.21. The summed E-state index contributed by atoms with van der Waals surface area (Å²) in [6.45, 7) is 1.93. The van der Waals surface area contributed by atoms with Crippen LogP contribution in [0.4, 0.5) is 0 Å². The van der Waals surface area contributed by atoms with Crippen molar-refractivity contribution in [1.29, 1.82) is 0 Å². The summed E-state index contributed by atoms with van der Waals surface area (Å²) < 4.78 is 10.6. The van der Waals surface area contributed by atoms with Crippen molar-refractivity contribution in [2.45, 2.75) is 26.1 Å². The van der Waals surface area contributed by atoms with Crippen LogP contribution >= 0.6 is 0 Å². The van der Waals surface area contributed by atoms with Crippen molar-refractivity contribution in [1.82, 2.24) is 9.80 Å². The van der Waals surface area contributed by atoms with Crippen molar-refractivity contribution >= 4 is 11.9 Å². The van der Waals surface area contributed by atoms with Crippen LogP contribution in [0.25, 0.3) is 11.1 Å². The van der Waals surface area contributed by atoms with Gasteiger partial charge in [-0.2, -0.15) is 0 Å². The number of esters is 2. The Labute approximate surface area is 179 Å². The van der Waals surface area contributed by atoms with E-state index in [0.29, 0.717) is 25.9 Å². The van der Waals surface area contributed by atoms with Gasteiger partial charge in [0.25, 0.3) is 0 Å². The summed E-state index contributed by atoms with van der Waals surface area (Å²) >= 11 is 0. The predicted molar refractivity (Wildman–Crippen MR) is 118 cm³/mol. The summed E-state index contributed by atoms with van der Waals surface area (Å²) in [6, 6.07) is 15.9. The monoisotopic (exact) mass is 412 g/mol. The minimum absolute atomic E-state index is 0.189. The average molecular weight is 413 g/mol. The van der Waals surface area contributed by atoms with Crippen LogP contribution in [0.5, 0.6) is 0 Å². The average Bonchev–Trinajstić information content (AvgIpc) is 2.74. The molecule has 0 bridgehead atoms. The van der Waals surface area contributed by atoms with Crippen LogP contribution in [-0.2, 0) is 32.3 Å². The molecule has 0 aliphatic carbocycles. The first kappa shape index (κ1) is 23.6. The SMILES string of the molecule is CN(C)CCC(=O)OCc1ccc(-c2ccc(COC(=O)CCN(C)C)cc2)cc1. The molecule has 0 saturated heterocycles. The summed E-state index contributed by atoms with van der Waals surface area (Å²) in [5, 5.41) is 0. The van der Waals surface area contributed by atoms with E-state index in [4.69, 9.17) is 9.47 Å². The molecule has 0 heterocycles. The number of carbonyl (C=O) groups excluding carboxylic acids is 2.